The highest BCUT2D eigenvalue weighted by molar-refractivity contribution is 5.30. The quantitative estimate of drug-likeness (QED) is 0.754. The SMILES string of the molecule is Cc1cccc(Cn2cc(N)c(=O)[nH]c2=O)n1. The molecule has 2 aromatic heterocycles. The molecule has 0 aliphatic rings. The van der Waals surface area contributed by atoms with Crippen molar-refractivity contribution in [3.8, 4) is 0 Å². The van der Waals surface area contributed by atoms with Gasteiger partial charge in [-0.15, -0.1) is 0 Å². The van der Waals surface area contributed by atoms with Crippen LogP contribution in [0.5, 0.6) is 0 Å². The predicted molar refractivity (Wildman–Crippen MR) is 63.8 cm³/mol. The van der Waals surface area contributed by atoms with Gasteiger partial charge in [-0.25, -0.2) is 4.79 Å². The Morgan fingerprint density at radius 3 is 2.88 bits per heavy atom. The van der Waals surface area contributed by atoms with Crippen LogP contribution in [0.15, 0.2) is 34.0 Å². The molecule has 2 aromatic rings. The van der Waals surface area contributed by atoms with Crippen molar-refractivity contribution in [2.75, 3.05) is 5.73 Å². The van der Waals surface area contributed by atoms with E-state index in [-0.39, 0.29) is 12.2 Å². The Morgan fingerprint density at radius 2 is 2.18 bits per heavy atom. The van der Waals surface area contributed by atoms with E-state index in [1.54, 1.807) is 6.07 Å². The van der Waals surface area contributed by atoms with E-state index in [4.69, 9.17) is 5.73 Å². The number of aromatic amines is 1. The second kappa shape index (κ2) is 4.25. The molecule has 6 heteroatoms. The van der Waals surface area contributed by atoms with Gasteiger partial charge in [0.15, 0.2) is 0 Å². The van der Waals surface area contributed by atoms with Crippen LogP contribution >= 0.6 is 0 Å². The number of nitrogens with two attached hydrogens (primary N) is 1. The fourth-order valence-corrected chi connectivity index (χ4v) is 1.51. The van der Waals surface area contributed by atoms with Crippen LogP contribution in [0.4, 0.5) is 5.69 Å². The highest BCUT2D eigenvalue weighted by Crippen LogP contribution is 2.00. The summed E-state index contributed by atoms with van der Waals surface area (Å²) in [4.78, 5) is 29.0. The Kier molecular flexibility index (Phi) is 2.78. The number of hydrogen-bond donors (Lipinski definition) is 2. The normalized spacial score (nSPS) is 10.4. The van der Waals surface area contributed by atoms with Crippen LogP contribution in [-0.2, 0) is 6.54 Å². The van der Waals surface area contributed by atoms with Crippen LogP contribution < -0.4 is 17.0 Å². The minimum absolute atomic E-state index is 0.0113. The van der Waals surface area contributed by atoms with Crippen molar-refractivity contribution in [2.45, 2.75) is 13.5 Å². The maximum Gasteiger partial charge on any atom is 0.328 e. The van der Waals surface area contributed by atoms with Gasteiger partial charge in [-0.2, -0.15) is 0 Å². The lowest BCUT2D eigenvalue weighted by molar-refractivity contribution is 0.706. The van der Waals surface area contributed by atoms with E-state index in [0.717, 1.165) is 11.4 Å². The first-order chi connectivity index (χ1) is 8.06. The molecule has 6 nitrogen and oxygen atoms in total. The Labute approximate surface area is 96.8 Å². The van der Waals surface area contributed by atoms with Crippen molar-refractivity contribution in [3.63, 3.8) is 0 Å². The Morgan fingerprint density at radius 1 is 1.41 bits per heavy atom. The molecule has 0 spiro atoms. The van der Waals surface area contributed by atoms with Gasteiger partial charge in [-0.1, -0.05) is 6.07 Å². The summed E-state index contributed by atoms with van der Waals surface area (Å²) in [6.07, 6.45) is 1.32. The molecule has 0 saturated carbocycles. The summed E-state index contributed by atoms with van der Waals surface area (Å²) in [5.74, 6) is 0. The molecule has 0 amide bonds. The van der Waals surface area contributed by atoms with Gasteiger partial charge in [0.2, 0.25) is 0 Å². The van der Waals surface area contributed by atoms with Crippen LogP contribution in [0.1, 0.15) is 11.4 Å². The lowest BCUT2D eigenvalue weighted by Gasteiger charge is -2.05. The lowest BCUT2D eigenvalue weighted by atomic mass is 10.3. The van der Waals surface area contributed by atoms with Crippen LogP contribution in [0.3, 0.4) is 0 Å². The van der Waals surface area contributed by atoms with Crippen LogP contribution in [0.25, 0.3) is 0 Å². The maximum atomic E-state index is 11.5. The van der Waals surface area contributed by atoms with Gasteiger partial charge in [0.25, 0.3) is 5.56 Å². The summed E-state index contributed by atoms with van der Waals surface area (Å²) < 4.78 is 1.32. The zero-order valence-corrected chi connectivity index (χ0v) is 9.30. The molecule has 17 heavy (non-hydrogen) atoms. The summed E-state index contributed by atoms with van der Waals surface area (Å²) in [5.41, 5.74) is 6.00. The third kappa shape index (κ3) is 2.41. The maximum absolute atomic E-state index is 11.5. The predicted octanol–water partition coefficient (Wildman–Crippen LogP) is -0.129. The highest BCUT2D eigenvalue weighted by atomic mass is 16.2. The first kappa shape index (κ1) is 11.1. The smallest absolute Gasteiger partial charge is 0.328 e. The number of H-pyrrole nitrogens is 1. The van der Waals surface area contributed by atoms with Crippen molar-refractivity contribution in [1.82, 2.24) is 14.5 Å². The summed E-state index contributed by atoms with van der Waals surface area (Å²) in [6, 6.07) is 5.53. The first-order valence-corrected chi connectivity index (χ1v) is 5.08. The van der Waals surface area contributed by atoms with Crippen molar-refractivity contribution in [1.29, 1.82) is 0 Å². The third-order valence-electron chi connectivity index (χ3n) is 2.32. The second-order valence-electron chi connectivity index (χ2n) is 3.74. The van der Waals surface area contributed by atoms with Gasteiger partial charge in [0.05, 0.1) is 12.2 Å². The van der Waals surface area contributed by atoms with Crippen molar-refractivity contribution < 1.29 is 0 Å². The molecule has 0 unspecified atom stereocenters. The molecule has 2 rings (SSSR count). The van der Waals surface area contributed by atoms with Gasteiger partial charge < -0.3 is 5.73 Å². The van der Waals surface area contributed by atoms with E-state index < -0.39 is 11.2 Å². The molecule has 88 valence electrons. The minimum atomic E-state index is -0.566. The van der Waals surface area contributed by atoms with Gasteiger partial charge in [0.1, 0.15) is 5.69 Å². The number of anilines is 1. The molecule has 0 aliphatic carbocycles. The summed E-state index contributed by atoms with van der Waals surface area (Å²) >= 11 is 0. The van der Waals surface area contributed by atoms with E-state index in [1.807, 2.05) is 19.1 Å². The van der Waals surface area contributed by atoms with Gasteiger partial charge in [-0.05, 0) is 19.1 Å². The lowest BCUT2D eigenvalue weighted by Crippen LogP contribution is -2.31. The number of pyridine rings is 1. The Hall–Kier alpha value is -2.37. The Balaban J connectivity index is 2.40. The monoisotopic (exact) mass is 232 g/mol. The molecule has 0 aromatic carbocycles. The minimum Gasteiger partial charge on any atom is -0.393 e. The number of nitrogen functional groups attached to an aromatic ring is 1. The van der Waals surface area contributed by atoms with Gasteiger partial charge in [0, 0.05) is 11.9 Å². The zero-order chi connectivity index (χ0) is 12.4. The number of nitrogens with one attached hydrogen (secondary N) is 1. The highest BCUT2D eigenvalue weighted by Gasteiger charge is 2.03. The zero-order valence-electron chi connectivity index (χ0n) is 9.30. The average molecular weight is 232 g/mol. The van der Waals surface area contributed by atoms with Crippen LogP contribution in [-0.4, -0.2) is 14.5 Å². The molecular weight excluding hydrogens is 220 g/mol. The van der Waals surface area contributed by atoms with Crippen LogP contribution in [0.2, 0.25) is 0 Å². The van der Waals surface area contributed by atoms with Crippen molar-refractivity contribution in [3.05, 3.63) is 56.6 Å². The topological polar surface area (TPSA) is 93.8 Å². The molecule has 0 aliphatic heterocycles. The summed E-state index contributed by atoms with van der Waals surface area (Å²) in [5, 5.41) is 0. The number of aromatic nitrogens is 3. The van der Waals surface area contributed by atoms with E-state index >= 15 is 0 Å². The van der Waals surface area contributed by atoms with Crippen molar-refractivity contribution >= 4 is 5.69 Å². The number of rotatable bonds is 2. The van der Waals surface area contributed by atoms with Crippen molar-refractivity contribution in [2.24, 2.45) is 0 Å². The number of aryl methyl sites for hydroxylation is 1. The second-order valence-corrected chi connectivity index (χ2v) is 3.74. The molecular formula is C11H12N4O2. The van der Waals surface area contributed by atoms with E-state index in [1.165, 1.54) is 10.8 Å². The Bertz CT molecular complexity index is 657. The first-order valence-electron chi connectivity index (χ1n) is 5.08. The standard InChI is InChI=1S/C11H12N4O2/c1-7-3-2-4-8(13-7)5-15-6-9(12)10(16)14-11(15)17/h2-4,6H,5,12H2,1H3,(H,14,16,17). The average Bonchev–Trinajstić information content (AvgIpc) is 2.26. The fourth-order valence-electron chi connectivity index (χ4n) is 1.51. The van der Waals surface area contributed by atoms with E-state index in [9.17, 15) is 9.59 Å². The molecule has 0 bridgehead atoms. The van der Waals surface area contributed by atoms with Gasteiger partial charge >= 0.3 is 5.69 Å². The number of hydrogen-bond acceptors (Lipinski definition) is 4. The molecule has 0 radical (unpaired) electrons. The van der Waals surface area contributed by atoms with Crippen LogP contribution in [0, 0.1) is 6.92 Å². The molecule has 3 N–H and O–H groups in total. The molecule has 0 fully saturated rings. The number of nitrogens with zero attached hydrogens (tertiary/aromatic N) is 2. The van der Waals surface area contributed by atoms with E-state index in [0.29, 0.717) is 0 Å². The summed E-state index contributed by atoms with van der Waals surface area (Å²) in [7, 11) is 0. The molecule has 2 heterocycles. The largest absolute Gasteiger partial charge is 0.393 e. The van der Waals surface area contributed by atoms with Gasteiger partial charge in [-0.3, -0.25) is 19.3 Å². The molecule has 0 atom stereocenters. The fraction of sp³-hybridized carbons (Fsp3) is 0.182. The van der Waals surface area contributed by atoms with E-state index in [2.05, 4.69) is 9.97 Å². The summed E-state index contributed by atoms with van der Waals surface area (Å²) in [6.45, 7) is 2.15. The molecule has 0 saturated heterocycles. The third-order valence-corrected chi connectivity index (χ3v) is 2.32.